The molecule has 0 aliphatic rings. The van der Waals surface area contributed by atoms with E-state index < -0.39 is 6.43 Å². The van der Waals surface area contributed by atoms with Gasteiger partial charge in [0.25, 0.3) is 6.43 Å². The van der Waals surface area contributed by atoms with Gasteiger partial charge in [0, 0.05) is 29.7 Å². The molecular weight excluding hydrogens is 392 g/mol. The first-order valence-electron chi connectivity index (χ1n) is 8.66. The summed E-state index contributed by atoms with van der Waals surface area (Å²) in [6.07, 6.45) is 4.71. The Bertz CT molecular complexity index is 1090. The van der Waals surface area contributed by atoms with Crippen LogP contribution in [0.5, 0.6) is 0 Å². The summed E-state index contributed by atoms with van der Waals surface area (Å²) < 4.78 is 27.0. The number of nitrogens with zero attached hydrogens (tertiary/aromatic N) is 6. The van der Waals surface area contributed by atoms with Crippen molar-refractivity contribution >= 4 is 30.9 Å². The molecule has 0 aromatic carbocycles. The van der Waals surface area contributed by atoms with Crippen molar-refractivity contribution < 1.29 is 13.6 Å². The topological polar surface area (TPSA) is 97.4 Å². The summed E-state index contributed by atoms with van der Waals surface area (Å²) in [6, 6.07) is 6.22. The summed E-state index contributed by atoms with van der Waals surface area (Å²) in [5, 5.41) is 6.76. The van der Waals surface area contributed by atoms with E-state index in [9.17, 15) is 13.6 Å². The second-order valence-electron chi connectivity index (χ2n) is 6.03. The lowest BCUT2D eigenvalue weighted by atomic mass is 10.1. The Morgan fingerprint density at radius 1 is 1.20 bits per heavy atom. The van der Waals surface area contributed by atoms with Gasteiger partial charge in [-0.2, -0.15) is 5.10 Å². The van der Waals surface area contributed by atoms with Crippen LogP contribution in [0.3, 0.4) is 0 Å². The van der Waals surface area contributed by atoms with E-state index in [1.165, 1.54) is 35.5 Å². The number of alkyl halides is 2. The number of aliphatic imine (C=N–C) groups is 2. The van der Waals surface area contributed by atoms with Crippen molar-refractivity contribution in [1.29, 1.82) is 0 Å². The number of amides is 1. The fraction of sp³-hybridized carbons (Fsp3) is 0.100. The van der Waals surface area contributed by atoms with E-state index in [1.54, 1.807) is 24.4 Å². The third-order valence-electron chi connectivity index (χ3n) is 3.99. The maximum atomic E-state index is 12.8. The zero-order valence-corrected chi connectivity index (χ0v) is 15.7. The van der Waals surface area contributed by atoms with Crippen molar-refractivity contribution in [3.05, 3.63) is 66.5 Å². The number of halogens is 2. The first kappa shape index (κ1) is 20.6. The molecule has 0 unspecified atom stereocenters. The molecular formula is C20H17F2N7O. The number of rotatable bonds is 8. The minimum atomic E-state index is -2.66. The zero-order chi connectivity index (χ0) is 21.5. The summed E-state index contributed by atoms with van der Waals surface area (Å²) >= 11 is 0. The van der Waals surface area contributed by atoms with Crippen LogP contribution in [0.15, 0.2) is 65.2 Å². The summed E-state index contributed by atoms with van der Waals surface area (Å²) in [5.41, 5.74) is 2.00. The van der Waals surface area contributed by atoms with Crippen molar-refractivity contribution in [1.82, 2.24) is 19.7 Å². The predicted molar refractivity (Wildman–Crippen MR) is 110 cm³/mol. The van der Waals surface area contributed by atoms with Gasteiger partial charge in [0.15, 0.2) is 0 Å². The van der Waals surface area contributed by atoms with E-state index in [0.29, 0.717) is 28.2 Å². The lowest BCUT2D eigenvalue weighted by Gasteiger charge is -2.06. The molecule has 0 atom stereocenters. The SMILES string of the molecule is C=N/C=C(\N=C)c1ccc(NC(=O)Cn2cc(-c3ccnc(C(F)F)c3)cn2)nc1. The average molecular weight is 409 g/mol. The standard InChI is InChI=1S/C20H17F2N7O/c1-23-10-17(24-2)14-3-4-18(26-8-14)28-19(30)12-29-11-15(9-27-29)13-5-6-25-16(7-13)20(21)22/h3-11,20H,1-2,12H2,(H,26,28,30)/b17-10-. The molecule has 3 rings (SSSR count). The molecule has 30 heavy (non-hydrogen) atoms. The highest BCUT2D eigenvalue weighted by atomic mass is 19.3. The van der Waals surface area contributed by atoms with Crippen molar-refractivity contribution in [2.24, 2.45) is 9.98 Å². The van der Waals surface area contributed by atoms with Gasteiger partial charge in [-0.3, -0.25) is 24.4 Å². The normalized spacial score (nSPS) is 11.4. The van der Waals surface area contributed by atoms with Crippen molar-refractivity contribution in [3.8, 4) is 11.1 Å². The smallest absolute Gasteiger partial charge is 0.280 e. The van der Waals surface area contributed by atoms with Crippen LogP contribution in [-0.2, 0) is 11.3 Å². The van der Waals surface area contributed by atoms with E-state index in [1.807, 2.05) is 0 Å². The Labute approximate surface area is 170 Å². The lowest BCUT2D eigenvalue weighted by molar-refractivity contribution is -0.116. The summed E-state index contributed by atoms with van der Waals surface area (Å²) in [7, 11) is 0. The van der Waals surface area contributed by atoms with E-state index in [0.717, 1.165) is 0 Å². The number of anilines is 1. The Morgan fingerprint density at radius 2 is 2.03 bits per heavy atom. The lowest BCUT2D eigenvalue weighted by Crippen LogP contribution is -2.19. The molecule has 0 aliphatic carbocycles. The molecule has 3 aromatic rings. The quantitative estimate of drug-likeness (QED) is 0.575. The first-order chi connectivity index (χ1) is 14.5. The zero-order valence-electron chi connectivity index (χ0n) is 15.7. The predicted octanol–water partition coefficient (Wildman–Crippen LogP) is 3.62. The van der Waals surface area contributed by atoms with Crippen LogP contribution in [0.2, 0.25) is 0 Å². The number of hydrogen-bond donors (Lipinski definition) is 1. The monoisotopic (exact) mass is 409 g/mol. The van der Waals surface area contributed by atoms with Gasteiger partial charge in [0.2, 0.25) is 5.91 Å². The Hall–Kier alpha value is -4.08. The fourth-order valence-electron chi connectivity index (χ4n) is 2.59. The van der Waals surface area contributed by atoms with Crippen LogP contribution >= 0.6 is 0 Å². The molecule has 1 amide bonds. The molecule has 0 aliphatic heterocycles. The number of carbonyl (C=O) groups is 1. The van der Waals surface area contributed by atoms with E-state index in [4.69, 9.17) is 0 Å². The fourth-order valence-corrected chi connectivity index (χ4v) is 2.59. The third-order valence-corrected chi connectivity index (χ3v) is 3.99. The molecule has 152 valence electrons. The van der Waals surface area contributed by atoms with Crippen molar-refractivity contribution in [3.63, 3.8) is 0 Å². The van der Waals surface area contributed by atoms with E-state index in [2.05, 4.69) is 43.8 Å². The summed E-state index contributed by atoms with van der Waals surface area (Å²) in [4.78, 5) is 27.5. The average Bonchev–Trinajstić information content (AvgIpc) is 3.21. The Balaban J connectivity index is 1.65. The van der Waals surface area contributed by atoms with E-state index >= 15 is 0 Å². The number of carbonyl (C=O) groups excluding carboxylic acids is 1. The molecule has 0 fully saturated rings. The van der Waals surface area contributed by atoms with Gasteiger partial charge in [-0.05, 0) is 43.3 Å². The van der Waals surface area contributed by atoms with Gasteiger partial charge in [-0.15, -0.1) is 0 Å². The largest absolute Gasteiger partial charge is 0.309 e. The molecule has 0 saturated carbocycles. The van der Waals surface area contributed by atoms with Crippen LogP contribution < -0.4 is 5.32 Å². The second-order valence-corrected chi connectivity index (χ2v) is 6.03. The minimum absolute atomic E-state index is 0.0734. The van der Waals surface area contributed by atoms with Gasteiger partial charge in [0.05, 0.1) is 18.1 Å². The van der Waals surface area contributed by atoms with Gasteiger partial charge in [-0.1, -0.05) is 0 Å². The molecule has 3 aromatic heterocycles. The minimum Gasteiger partial charge on any atom is -0.309 e. The molecule has 0 radical (unpaired) electrons. The van der Waals surface area contributed by atoms with Crippen LogP contribution in [0.4, 0.5) is 14.6 Å². The number of aromatic nitrogens is 4. The number of pyridine rings is 2. The van der Waals surface area contributed by atoms with Crippen LogP contribution in [0.25, 0.3) is 16.8 Å². The third kappa shape index (κ3) is 5.04. The van der Waals surface area contributed by atoms with Gasteiger partial charge >= 0.3 is 0 Å². The molecule has 0 bridgehead atoms. The van der Waals surface area contributed by atoms with Crippen LogP contribution in [-0.4, -0.2) is 39.1 Å². The van der Waals surface area contributed by atoms with Crippen molar-refractivity contribution in [2.45, 2.75) is 13.0 Å². The molecule has 0 saturated heterocycles. The maximum absolute atomic E-state index is 12.8. The molecule has 1 N–H and O–H groups in total. The Morgan fingerprint density at radius 3 is 2.70 bits per heavy atom. The molecule has 0 spiro atoms. The highest BCUT2D eigenvalue weighted by Crippen LogP contribution is 2.23. The van der Waals surface area contributed by atoms with Crippen LogP contribution in [0, 0.1) is 0 Å². The summed E-state index contributed by atoms with van der Waals surface area (Å²) in [5.74, 6) is 0.0000743. The maximum Gasteiger partial charge on any atom is 0.280 e. The summed E-state index contributed by atoms with van der Waals surface area (Å²) in [6.45, 7) is 6.75. The Kier molecular flexibility index (Phi) is 6.48. The van der Waals surface area contributed by atoms with Crippen molar-refractivity contribution in [2.75, 3.05) is 5.32 Å². The van der Waals surface area contributed by atoms with Gasteiger partial charge in [-0.25, -0.2) is 13.8 Å². The van der Waals surface area contributed by atoms with Crippen LogP contribution in [0.1, 0.15) is 17.7 Å². The highest BCUT2D eigenvalue weighted by Gasteiger charge is 2.12. The van der Waals surface area contributed by atoms with Gasteiger partial charge in [0.1, 0.15) is 18.1 Å². The molecule has 10 heteroatoms. The van der Waals surface area contributed by atoms with E-state index in [-0.39, 0.29) is 18.1 Å². The highest BCUT2D eigenvalue weighted by molar-refractivity contribution is 5.89. The number of nitrogens with one attached hydrogen (secondary N) is 1. The first-order valence-corrected chi connectivity index (χ1v) is 8.66. The molecule has 3 heterocycles. The second kappa shape index (κ2) is 9.41. The molecule has 8 nitrogen and oxygen atoms in total. The van der Waals surface area contributed by atoms with Gasteiger partial charge < -0.3 is 5.32 Å². The number of hydrogen-bond acceptors (Lipinski definition) is 6.